The zero-order chi connectivity index (χ0) is 23.8. The van der Waals surface area contributed by atoms with Gasteiger partial charge in [0.2, 0.25) is 0 Å². The Morgan fingerprint density at radius 2 is 1.89 bits per heavy atom. The van der Waals surface area contributed by atoms with Gasteiger partial charge in [-0.3, -0.25) is 14.7 Å². The zero-order valence-electron chi connectivity index (χ0n) is 20.5. The maximum Gasteiger partial charge on any atom is 0.253 e. The first-order valence-electron chi connectivity index (χ1n) is 13.0. The zero-order valence-corrected chi connectivity index (χ0v) is 20.5. The summed E-state index contributed by atoms with van der Waals surface area (Å²) in [5, 5.41) is 3.72. The van der Waals surface area contributed by atoms with E-state index in [4.69, 9.17) is 14.5 Å². The van der Waals surface area contributed by atoms with Gasteiger partial charge in [0.05, 0.1) is 31.7 Å². The Hall–Kier alpha value is -2.90. The third kappa shape index (κ3) is 4.55. The molecule has 0 radical (unpaired) electrons. The van der Waals surface area contributed by atoms with Crippen molar-refractivity contribution in [1.29, 1.82) is 0 Å². The number of fused-ring (bicyclic) bond motifs is 1. The van der Waals surface area contributed by atoms with Crippen LogP contribution in [0.1, 0.15) is 47.3 Å². The summed E-state index contributed by atoms with van der Waals surface area (Å²) < 4.78 is 11.3. The summed E-state index contributed by atoms with van der Waals surface area (Å²) in [6.07, 6.45) is 11.6. The lowest BCUT2D eigenvalue weighted by atomic mass is 9.98. The third-order valence-corrected chi connectivity index (χ3v) is 7.77. The second-order valence-corrected chi connectivity index (χ2v) is 10.0. The lowest BCUT2D eigenvalue weighted by Crippen LogP contribution is -2.50. The van der Waals surface area contributed by atoms with Crippen LogP contribution in [0, 0.1) is 0 Å². The Morgan fingerprint density at radius 1 is 1.09 bits per heavy atom. The molecule has 6 rings (SSSR count). The van der Waals surface area contributed by atoms with Crippen LogP contribution in [-0.2, 0) is 11.2 Å². The van der Waals surface area contributed by atoms with Crippen molar-refractivity contribution < 1.29 is 14.3 Å². The van der Waals surface area contributed by atoms with Gasteiger partial charge < -0.3 is 19.7 Å². The van der Waals surface area contributed by atoms with Crippen molar-refractivity contribution in [3.63, 3.8) is 0 Å². The first-order chi connectivity index (χ1) is 17.2. The van der Waals surface area contributed by atoms with Crippen molar-refractivity contribution in [2.45, 2.75) is 44.2 Å². The minimum absolute atomic E-state index is 0.0848. The fourth-order valence-electron chi connectivity index (χ4n) is 5.59. The van der Waals surface area contributed by atoms with Crippen molar-refractivity contribution in [2.24, 2.45) is 0 Å². The van der Waals surface area contributed by atoms with E-state index in [2.05, 4.69) is 22.4 Å². The van der Waals surface area contributed by atoms with E-state index in [1.165, 1.54) is 18.4 Å². The molecule has 1 amide bonds. The SMILES string of the molecule is COc1cc(C(=O)N2CCC(N3CCOCC3)CC2)ccc1-c1cnc2c(c1NC1CC1)C=CC2. The van der Waals surface area contributed by atoms with Crippen molar-refractivity contribution in [3.05, 3.63) is 47.3 Å². The van der Waals surface area contributed by atoms with Gasteiger partial charge in [-0.25, -0.2) is 0 Å². The van der Waals surface area contributed by atoms with Gasteiger partial charge in [-0.2, -0.15) is 0 Å². The molecule has 0 atom stereocenters. The first-order valence-corrected chi connectivity index (χ1v) is 13.0. The van der Waals surface area contributed by atoms with Crippen molar-refractivity contribution in [2.75, 3.05) is 51.8 Å². The number of allylic oxidation sites excluding steroid dienone is 1. The number of hydrogen-bond acceptors (Lipinski definition) is 6. The fourth-order valence-corrected chi connectivity index (χ4v) is 5.59. The number of amides is 1. The molecule has 3 fully saturated rings. The van der Waals surface area contributed by atoms with Crippen molar-refractivity contribution in [1.82, 2.24) is 14.8 Å². The van der Waals surface area contributed by atoms with E-state index in [1.54, 1.807) is 7.11 Å². The molecule has 1 saturated carbocycles. The van der Waals surface area contributed by atoms with E-state index in [9.17, 15) is 4.79 Å². The Labute approximate surface area is 207 Å². The molecule has 1 aromatic heterocycles. The summed E-state index contributed by atoms with van der Waals surface area (Å²) in [4.78, 5) is 22.6. The Kier molecular flexibility index (Phi) is 6.20. The number of methoxy groups -OCH3 is 1. The van der Waals surface area contributed by atoms with E-state index in [0.29, 0.717) is 23.4 Å². The average molecular weight is 475 g/mol. The molecule has 0 bridgehead atoms. The van der Waals surface area contributed by atoms with E-state index in [-0.39, 0.29) is 5.91 Å². The number of benzene rings is 1. The lowest BCUT2D eigenvalue weighted by molar-refractivity contribution is 0.00159. The molecule has 1 N–H and O–H groups in total. The summed E-state index contributed by atoms with van der Waals surface area (Å²) >= 11 is 0. The molecule has 1 aromatic carbocycles. The van der Waals surface area contributed by atoms with Gasteiger partial charge in [0, 0.05) is 73.1 Å². The number of anilines is 1. The summed E-state index contributed by atoms with van der Waals surface area (Å²) in [7, 11) is 1.68. The number of piperidine rings is 1. The Balaban J connectivity index is 1.22. The number of nitrogens with zero attached hydrogens (tertiary/aromatic N) is 3. The van der Waals surface area contributed by atoms with Gasteiger partial charge in [-0.05, 0) is 43.9 Å². The van der Waals surface area contributed by atoms with Gasteiger partial charge in [0.1, 0.15) is 5.75 Å². The van der Waals surface area contributed by atoms with E-state index >= 15 is 0 Å². The molecule has 7 nitrogen and oxygen atoms in total. The molecule has 0 unspecified atom stereocenters. The topological polar surface area (TPSA) is 66.9 Å². The normalized spacial score (nSPS) is 20.7. The number of carbonyl (C=O) groups is 1. The molecule has 184 valence electrons. The second kappa shape index (κ2) is 9.63. The van der Waals surface area contributed by atoms with E-state index in [1.807, 2.05) is 29.3 Å². The van der Waals surface area contributed by atoms with Crippen LogP contribution in [0.15, 0.2) is 30.5 Å². The van der Waals surface area contributed by atoms with Crippen LogP contribution in [-0.4, -0.2) is 79.3 Å². The molecular formula is C28H34N4O3. The summed E-state index contributed by atoms with van der Waals surface area (Å²) in [6, 6.07) is 6.95. The molecule has 0 spiro atoms. The molecule has 2 aromatic rings. The predicted molar refractivity (Wildman–Crippen MR) is 137 cm³/mol. The van der Waals surface area contributed by atoms with Crippen LogP contribution in [0.3, 0.4) is 0 Å². The van der Waals surface area contributed by atoms with Gasteiger partial charge in [0.15, 0.2) is 0 Å². The summed E-state index contributed by atoms with van der Waals surface area (Å²) in [5.41, 5.74) is 6.11. The van der Waals surface area contributed by atoms with Crippen LogP contribution in [0.2, 0.25) is 0 Å². The van der Waals surface area contributed by atoms with E-state index in [0.717, 1.165) is 81.2 Å². The summed E-state index contributed by atoms with van der Waals surface area (Å²) in [5.74, 6) is 0.795. The van der Waals surface area contributed by atoms with Crippen molar-refractivity contribution >= 4 is 17.7 Å². The van der Waals surface area contributed by atoms with Gasteiger partial charge in [0.25, 0.3) is 5.91 Å². The first kappa shape index (κ1) is 22.6. The maximum atomic E-state index is 13.4. The van der Waals surface area contributed by atoms with Crippen molar-refractivity contribution in [3.8, 4) is 16.9 Å². The maximum absolute atomic E-state index is 13.4. The molecule has 2 saturated heterocycles. The number of ether oxygens (including phenoxy) is 2. The smallest absolute Gasteiger partial charge is 0.253 e. The van der Waals surface area contributed by atoms with Gasteiger partial charge in [-0.1, -0.05) is 12.2 Å². The fraction of sp³-hybridized carbons (Fsp3) is 0.500. The molecule has 2 aliphatic carbocycles. The van der Waals surface area contributed by atoms with Gasteiger partial charge in [-0.15, -0.1) is 0 Å². The van der Waals surface area contributed by atoms with Crippen LogP contribution in [0.25, 0.3) is 17.2 Å². The van der Waals surface area contributed by atoms with Crippen LogP contribution in [0.4, 0.5) is 5.69 Å². The largest absolute Gasteiger partial charge is 0.496 e. The quantitative estimate of drug-likeness (QED) is 0.686. The second-order valence-electron chi connectivity index (χ2n) is 10.0. The number of nitrogens with one attached hydrogen (secondary N) is 1. The minimum atomic E-state index is 0.0848. The molecule has 3 heterocycles. The lowest BCUT2D eigenvalue weighted by Gasteiger charge is -2.40. The highest BCUT2D eigenvalue weighted by Gasteiger charge is 2.29. The number of hydrogen-bond donors (Lipinski definition) is 1. The standard InChI is InChI=1S/C28H34N4O3/c1-34-26-17-19(28(33)32-11-9-21(10-12-32)31-13-15-35-16-14-31)5-8-22(26)24-18-29-25-4-2-3-23(25)27(24)30-20-6-7-20/h2-3,5,8,17-18,20-21H,4,6-7,9-16H2,1H3,(H,29,30). The van der Waals surface area contributed by atoms with E-state index < -0.39 is 0 Å². The third-order valence-electron chi connectivity index (χ3n) is 7.77. The van der Waals surface area contributed by atoms with Gasteiger partial charge >= 0.3 is 0 Å². The number of carbonyl (C=O) groups excluding carboxylic acids is 1. The molecule has 7 heteroatoms. The molecule has 35 heavy (non-hydrogen) atoms. The molecule has 4 aliphatic rings. The van der Waals surface area contributed by atoms with Crippen LogP contribution < -0.4 is 10.1 Å². The average Bonchev–Trinajstić information content (AvgIpc) is 3.61. The summed E-state index contributed by atoms with van der Waals surface area (Å²) in [6.45, 7) is 5.23. The number of morpholine rings is 1. The Bertz CT molecular complexity index is 1130. The number of likely N-dealkylation sites (tertiary alicyclic amines) is 1. The molecule has 2 aliphatic heterocycles. The highest BCUT2D eigenvalue weighted by Crippen LogP contribution is 2.42. The Morgan fingerprint density at radius 3 is 2.63 bits per heavy atom. The monoisotopic (exact) mass is 474 g/mol. The van der Waals surface area contributed by atoms with Crippen LogP contribution >= 0.6 is 0 Å². The minimum Gasteiger partial charge on any atom is -0.496 e. The predicted octanol–water partition coefficient (Wildman–Crippen LogP) is 3.84. The number of rotatable bonds is 6. The number of pyridine rings is 1. The highest BCUT2D eigenvalue weighted by molar-refractivity contribution is 5.97. The highest BCUT2D eigenvalue weighted by atomic mass is 16.5. The van der Waals surface area contributed by atoms with Crippen LogP contribution in [0.5, 0.6) is 5.75 Å². The number of aromatic nitrogens is 1. The molecular weight excluding hydrogens is 440 g/mol.